The number of hydrogen-bond acceptors (Lipinski definition) is 3. The summed E-state index contributed by atoms with van der Waals surface area (Å²) >= 11 is 0. The maximum Gasteiger partial charge on any atom is 0.129 e. The zero-order valence-corrected chi connectivity index (χ0v) is 7.46. The third-order valence-corrected chi connectivity index (χ3v) is 2.12. The van der Waals surface area contributed by atoms with Crippen molar-refractivity contribution in [3.8, 4) is 0 Å². The molecule has 0 spiro atoms. The van der Waals surface area contributed by atoms with Crippen molar-refractivity contribution in [2.75, 3.05) is 18.4 Å². The van der Waals surface area contributed by atoms with Gasteiger partial charge in [0.05, 0.1) is 0 Å². The van der Waals surface area contributed by atoms with Crippen LogP contribution in [0.15, 0.2) is 18.3 Å². The highest BCUT2D eigenvalue weighted by Gasteiger charge is 2.10. The van der Waals surface area contributed by atoms with Gasteiger partial charge in [-0.3, -0.25) is 0 Å². The van der Waals surface area contributed by atoms with Gasteiger partial charge in [-0.1, -0.05) is 12.2 Å². The van der Waals surface area contributed by atoms with Gasteiger partial charge in [0.25, 0.3) is 0 Å². The molecule has 0 saturated heterocycles. The van der Waals surface area contributed by atoms with Gasteiger partial charge in [0, 0.05) is 19.3 Å². The average Bonchev–Trinajstić information content (AvgIpc) is 2.61. The summed E-state index contributed by atoms with van der Waals surface area (Å²) in [7, 11) is 0. The van der Waals surface area contributed by atoms with Crippen LogP contribution in [0, 0.1) is 0 Å². The highest BCUT2D eigenvalue weighted by molar-refractivity contribution is 5.57. The molecule has 13 heavy (non-hydrogen) atoms. The molecule has 2 rings (SSSR count). The van der Waals surface area contributed by atoms with Crippen LogP contribution in [0.2, 0.25) is 0 Å². The van der Waals surface area contributed by atoms with Crippen molar-refractivity contribution in [3.63, 3.8) is 0 Å². The van der Waals surface area contributed by atoms with Crippen LogP contribution in [0.5, 0.6) is 0 Å². The van der Waals surface area contributed by atoms with Crippen LogP contribution in [0.25, 0.3) is 6.08 Å². The van der Waals surface area contributed by atoms with Crippen molar-refractivity contribution in [1.82, 2.24) is 4.98 Å². The smallest absolute Gasteiger partial charge is 0.129 e. The second-order valence-electron chi connectivity index (χ2n) is 3.09. The quantitative estimate of drug-likeness (QED) is 0.705. The van der Waals surface area contributed by atoms with Crippen molar-refractivity contribution in [2.45, 2.75) is 6.42 Å². The summed E-state index contributed by atoms with van der Waals surface area (Å²) in [4.78, 5) is 4.31. The fourth-order valence-corrected chi connectivity index (χ4v) is 1.49. The highest BCUT2D eigenvalue weighted by atomic mass is 15.0. The molecule has 0 saturated carbocycles. The molecule has 68 valence electrons. The molecule has 0 amide bonds. The van der Waals surface area contributed by atoms with Crippen LogP contribution in [-0.4, -0.2) is 18.1 Å². The number of aromatic nitrogens is 1. The molecule has 1 aromatic rings. The monoisotopic (exact) mass is 175 g/mol. The predicted molar refractivity (Wildman–Crippen MR) is 54.5 cm³/mol. The summed E-state index contributed by atoms with van der Waals surface area (Å²) in [6.07, 6.45) is 6.88. The van der Waals surface area contributed by atoms with E-state index in [0.29, 0.717) is 6.54 Å². The van der Waals surface area contributed by atoms with E-state index in [4.69, 9.17) is 5.73 Å². The summed E-state index contributed by atoms with van der Waals surface area (Å²) in [6, 6.07) is 2.16. The first-order chi connectivity index (χ1) is 6.40. The lowest BCUT2D eigenvalue weighted by Crippen LogP contribution is -1.93. The lowest BCUT2D eigenvalue weighted by molar-refractivity contribution is 1.11. The van der Waals surface area contributed by atoms with E-state index in [-0.39, 0.29) is 0 Å². The van der Waals surface area contributed by atoms with Crippen LogP contribution in [-0.2, 0) is 6.42 Å². The molecule has 1 aliphatic rings. The minimum Gasteiger partial charge on any atom is -0.370 e. The van der Waals surface area contributed by atoms with Crippen molar-refractivity contribution in [1.29, 1.82) is 0 Å². The molecule has 3 N–H and O–H groups in total. The molecule has 0 fully saturated rings. The number of rotatable bonds is 2. The Bertz CT molecular complexity index is 331. The Morgan fingerprint density at radius 3 is 3.38 bits per heavy atom. The maximum absolute atomic E-state index is 5.37. The summed E-state index contributed by atoms with van der Waals surface area (Å²) in [5.74, 6) is 1.03. The van der Waals surface area contributed by atoms with E-state index >= 15 is 0 Å². The molecule has 3 nitrogen and oxygen atoms in total. The first-order valence-corrected chi connectivity index (χ1v) is 4.49. The first-order valence-electron chi connectivity index (χ1n) is 4.49. The lowest BCUT2D eigenvalue weighted by Gasteiger charge is -1.98. The van der Waals surface area contributed by atoms with E-state index < -0.39 is 0 Å². The second kappa shape index (κ2) is 3.58. The lowest BCUT2D eigenvalue weighted by atomic mass is 10.1. The summed E-state index contributed by atoms with van der Waals surface area (Å²) in [5, 5.41) is 3.22. The predicted octanol–water partition coefficient (Wildman–Crippen LogP) is 1.02. The van der Waals surface area contributed by atoms with Crippen LogP contribution in [0.1, 0.15) is 11.1 Å². The number of nitrogens with one attached hydrogen (secondary N) is 1. The number of nitrogens with two attached hydrogens (primary N) is 1. The van der Waals surface area contributed by atoms with Crippen molar-refractivity contribution >= 4 is 11.9 Å². The number of nitrogens with zero attached hydrogens (tertiary/aromatic N) is 1. The standard InChI is InChI=1S/C10H13N3/c11-4-1-2-8-6-9-3-5-12-10(9)13-7-8/h1-2,6-7H,3-5,11H2,(H,12,13). The Labute approximate surface area is 77.7 Å². The van der Waals surface area contributed by atoms with E-state index in [2.05, 4.69) is 16.4 Å². The molecular formula is C10H13N3. The molecule has 0 unspecified atom stereocenters. The number of pyridine rings is 1. The molecule has 1 aromatic heterocycles. The zero-order valence-electron chi connectivity index (χ0n) is 7.46. The van der Waals surface area contributed by atoms with Gasteiger partial charge in [0.15, 0.2) is 0 Å². The van der Waals surface area contributed by atoms with Crippen LogP contribution < -0.4 is 11.1 Å². The van der Waals surface area contributed by atoms with Gasteiger partial charge in [-0.25, -0.2) is 4.98 Å². The molecule has 0 bridgehead atoms. The van der Waals surface area contributed by atoms with Gasteiger partial charge in [0.2, 0.25) is 0 Å². The number of anilines is 1. The Balaban J connectivity index is 2.25. The third kappa shape index (κ3) is 1.70. The highest BCUT2D eigenvalue weighted by Crippen LogP contribution is 2.20. The van der Waals surface area contributed by atoms with Crippen LogP contribution in [0.3, 0.4) is 0 Å². The Morgan fingerprint density at radius 2 is 2.54 bits per heavy atom. The minimum absolute atomic E-state index is 0.579. The molecule has 3 heteroatoms. The molecule has 0 atom stereocenters. The summed E-state index contributed by atoms with van der Waals surface area (Å²) < 4.78 is 0. The van der Waals surface area contributed by atoms with Gasteiger partial charge in [-0.05, 0) is 23.6 Å². The van der Waals surface area contributed by atoms with Gasteiger partial charge in [0.1, 0.15) is 5.82 Å². The fourth-order valence-electron chi connectivity index (χ4n) is 1.49. The maximum atomic E-state index is 5.37. The summed E-state index contributed by atoms with van der Waals surface area (Å²) in [6.45, 7) is 1.59. The number of hydrogen-bond donors (Lipinski definition) is 2. The van der Waals surface area contributed by atoms with Crippen molar-refractivity contribution < 1.29 is 0 Å². The fraction of sp³-hybridized carbons (Fsp3) is 0.300. The van der Waals surface area contributed by atoms with Gasteiger partial charge in [-0.2, -0.15) is 0 Å². The number of fused-ring (bicyclic) bond motifs is 1. The Morgan fingerprint density at radius 1 is 1.62 bits per heavy atom. The van der Waals surface area contributed by atoms with Crippen molar-refractivity contribution in [3.05, 3.63) is 29.5 Å². The Kier molecular flexibility index (Phi) is 2.27. The topological polar surface area (TPSA) is 50.9 Å². The first kappa shape index (κ1) is 8.26. The zero-order chi connectivity index (χ0) is 9.10. The minimum atomic E-state index is 0.579. The SMILES string of the molecule is NCC=Cc1cnc2c(c1)CCN2. The second-order valence-corrected chi connectivity index (χ2v) is 3.09. The van der Waals surface area contributed by atoms with E-state index in [0.717, 1.165) is 24.3 Å². The molecule has 0 aliphatic carbocycles. The Hall–Kier alpha value is -1.35. The van der Waals surface area contributed by atoms with E-state index in [9.17, 15) is 0 Å². The normalized spacial score (nSPS) is 14.5. The molecule has 0 radical (unpaired) electrons. The largest absolute Gasteiger partial charge is 0.370 e. The van der Waals surface area contributed by atoms with E-state index in [1.807, 2.05) is 18.3 Å². The van der Waals surface area contributed by atoms with Crippen molar-refractivity contribution in [2.24, 2.45) is 5.73 Å². The van der Waals surface area contributed by atoms with Crippen LogP contribution in [0.4, 0.5) is 5.82 Å². The summed E-state index contributed by atoms with van der Waals surface area (Å²) in [5.41, 5.74) is 7.81. The molecule has 2 heterocycles. The van der Waals surface area contributed by atoms with Gasteiger partial charge in [-0.15, -0.1) is 0 Å². The molecule has 1 aliphatic heterocycles. The van der Waals surface area contributed by atoms with E-state index in [1.54, 1.807) is 0 Å². The molecular weight excluding hydrogens is 162 g/mol. The van der Waals surface area contributed by atoms with Gasteiger partial charge < -0.3 is 11.1 Å². The van der Waals surface area contributed by atoms with Crippen LogP contribution >= 0.6 is 0 Å². The third-order valence-electron chi connectivity index (χ3n) is 2.12. The van der Waals surface area contributed by atoms with Gasteiger partial charge >= 0.3 is 0 Å². The van der Waals surface area contributed by atoms with E-state index in [1.165, 1.54) is 5.56 Å². The average molecular weight is 175 g/mol. The molecule has 0 aromatic carbocycles.